The van der Waals surface area contributed by atoms with E-state index < -0.39 is 17.6 Å². The fourth-order valence-corrected chi connectivity index (χ4v) is 3.98. The highest BCUT2D eigenvalue weighted by Crippen LogP contribution is 2.52. The standard InChI is InChI=1S/C13H19NO4/c1-2-18-12(16)11-13(17)6-4-3-5-8(13)9-7-10(15)14(9)11/h8-9,11,17H,2-7H2,1H3/t8-,9+,11+,13+/m1/s1. The minimum absolute atomic E-state index is 0.0270. The first-order valence-electron chi connectivity index (χ1n) is 6.79. The van der Waals surface area contributed by atoms with E-state index in [-0.39, 0.29) is 24.5 Å². The first-order valence-corrected chi connectivity index (χ1v) is 6.79. The zero-order valence-electron chi connectivity index (χ0n) is 10.6. The molecule has 3 fully saturated rings. The van der Waals surface area contributed by atoms with Gasteiger partial charge in [0.2, 0.25) is 5.91 Å². The van der Waals surface area contributed by atoms with Crippen LogP contribution in [0.15, 0.2) is 0 Å². The molecular weight excluding hydrogens is 234 g/mol. The molecule has 4 atom stereocenters. The fraction of sp³-hybridized carbons (Fsp3) is 0.846. The van der Waals surface area contributed by atoms with Gasteiger partial charge >= 0.3 is 5.97 Å². The molecule has 18 heavy (non-hydrogen) atoms. The van der Waals surface area contributed by atoms with E-state index in [9.17, 15) is 14.7 Å². The number of carbonyl (C=O) groups excluding carboxylic acids is 2. The first kappa shape index (κ1) is 12.0. The monoisotopic (exact) mass is 253 g/mol. The molecule has 0 radical (unpaired) electrons. The normalized spacial score (nSPS) is 42.0. The second-order valence-corrected chi connectivity index (χ2v) is 5.57. The van der Waals surface area contributed by atoms with Crippen LogP contribution in [0.3, 0.4) is 0 Å². The lowest BCUT2D eigenvalue weighted by Crippen LogP contribution is -2.58. The van der Waals surface area contributed by atoms with Crippen molar-refractivity contribution in [2.24, 2.45) is 5.92 Å². The van der Waals surface area contributed by atoms with Crippen LogP contribution in [0.1, 0.15) is 39.0 Å². The van der Waals surface area contributed by atoms with Gasteiger partial charge in [-0.3, -0.25) is 4.79 Å². The van der Waals surface area contributed by atoms with Crippen LogP contribution in [-0.4, -0.2) is 46.2 Å². The summed E-state index contributed by atoms with van der Waals surface area (Å²) in [6.45, 7) is 2.02. The number of nitrogens with zero attached hydrogens (tertiary/aromatic N) is 1. The van der Waals surface area contributed by atoms with E-state index in [1.165, 1.54) is 0 Å². The first-order chi connectivity index (χ1) is 8.59. The summed E-state index contributed by atoms with van der Waals surface area (Å²) in [7, 11) is 0. The quantitative estimate of drug-likeness (QED) is 0.573. The van der Waals surface area contributed by atoms with E-state index in [2.05, 4.69) is 0 Å². The molecule has 5 nitrogen and oxygen atoms in total. The molecule has 2 aliphatic heterocycles. The van der Waals surface area contributed by atoms with Gasteiger partial charge in [0.1, 0.15) is 5.60 Å². The molecule has 0 aromatic carbocycles. The van der Waals surface area contributed by atoms with Crippen molar-refractivity contribution in [1.29, 1.82) is 0 Å². The molecule has 3 rings (SSSR count). The lowest BCUT2D eigenvalue weighted by atomic mass is 9.71. The maximum atomic E-state index is 12.1. The maximum Gasteiger partial charge on any atom is 0.331 e. The van der Waals surface area contributed by atoms with Gasteiger partial charge in [0.05, 0.1) is 6.61 Å². The highest BCUT2D eigenvalue weighted by Gasteiger charge is 2.67. The van der Waals surface area contributed by atoms with Crippen LogP contribution in [0, 0.1) is 5.92 Å². The average Bonchev–Trinajstić information content (AvgIpc) is 2.54. The van der Waals surface area contributed by atoms with E-state index in [4.69, 9.17) is 4.74 Å². The van der Waals surface area contributed by atoms with Crippen LogP contribution in [0.5, 0.6) is 0 Å². The number of β-lactam (4-membered cyclic amide) rings is 1. The molecular formula is C13H19NO4. The Morgan fingerprint density at radius 1 is 1.56 bits per heavy atom. The van der Waals surface area contributed by atoms with Gasteiger partial charge in [-0.15, -0.1) is 0 Å². The summed E-state index contributed by atoms with van der Waals surface area (Å²) >= 11 is 0. The zero-order chi connectivity index (χ0) is 12.9. The third kappa shape index (κ3) is 1.37. The Morgan fingerprint density at radius 2 is 2.33 bits per heavy atom. The SMILES string of the molecule is CCOC(=O)[C@@H]1N2C(=O)C[C@H]2[C@H]2CCCC[C@]21O. The summed E-state index contributed by atoms with van der Waals surface area (Å²) in [5.41, 5.74) is -1.05. The third-order valence-corrected chi connectivity index (χ3v) is 4.74. The highest BCUT2D eigenvalue weighted by atomic mass is 16.5. The topological polar surface area (TPSA) is 66.8 Å². The Morgan fingerprint density at radius 3 is 3.00 bits per heavy atom. The number of hydrogen-bond acceptors (Lipinski definition) is 4. The van der Waals surface area contributed by atoms with Crippen LogP contribution < -0.4 is 0 Å². The largest absolute Gasteiger partial charge is 0.464 e. The molecule has 3 aliphatic rings. The van der Waals surface area contributed by atoms with Gasteiger partial charge in [-0.2, -0.15) is 0 Å². The van der Waals surface area contributed by atoms with Gasteiger partial charge in [-0.05, 0) is 19.8 Å². The van der Waals surface area contributed by atoms with Crippen molar-refractivity contribution in [3.63, 3.8) is 0 Å². The number of amides is 1. The summed E-state index contributed by atoms with van der Waals surface area (Å²) in [5, 5.41) is 10.9. The van der Waals surface area contributed by atoms with Crippen molar-refractivity contribution in [2.75, 3.05) is 6.61 Å². The maximum absolute atomic E-state index is 12.1. The molecule has 0 unspecified atom stereocenters. The Labute approximate surface area is 106 Å². The van der Waals surface area contributed by atoms with Crippen LogP contribution in [0.4, 0.5) is 0 Å². The van der Waals surface area contributed by atoms with Gasteiger partial charge < -0.3 is 14.7 Å². The lowest BCUT2D eigenvalue weighted by Gasteiger charge is -2.38. The van der Waals surface area contributed by atoms with Crippen molar-refractivity contribution in [1.82, 2.24) is 4.90 Å². The van der Waals surface area contributed by atoms with Gasteiger partial charge in [0.25, 0.3) is 0 Å². The van der Waals surface area contributed by atoms with E-state index in [0.29, 0.717) is 12.8 Å². The van der Waals surface area contributed by atoms with Crippen LogP contribution in [-0.2, 0) is 14.3 Å². The molecule has 2 saturated heterocycles. The predicted octanol–water partition coefficient (Wildman–Crippen LogP) is 0.454. The number of fused-ring (bicyclic) bond motifs is 3. The molecule has 1 aliphatic carbocycles. The molecule has 1 saturated carbocycles. The zero-order valence-corrected chi connectivity index (χ0v) is 10.6. The molecule has 0 spiro atoms. The minimum atomic E-state index is -1.05. The molecule has 2 heterocycles. The van der Waals surface area contributed by atoms with Crippen LogP contribution in [0.2, 0.25) is 0 Å². The Balaban J connectivity index is 1.93. The van der Waals surface area contributed by atoms with E-state index in [1.807, 2.05) is 0 Å². The molecule has 0 aromatic rings. The van der Waals surface area contributed by atoms with E-state index in [1.54, 1.807) is 11.8 Å². The highest BCUT2D eigenvalue weighted by molar-refractivity contribution is 5.91. The molecule has 0 aromatic heterocycles. The van der Waals surface area contributed by atoms with Crippen molar-refractivity contribution in [2.45, 2.75) is 56.7 Å². The van der Waals surface area contributed by atoms with E-state index >= 15 is 0 Å². The summed E-state index contributed by atoms with van der Waals surface area (Å²) in [6, 6.07) is -0.716. The summed E-state index contributed by atoms with van der Waals surface area (Å²) < 4.78 is 5.05. The van der Waals surface area contributed by atoms with Crippen LogP contribution in [0.25, 0.3) is 0 Å². The molecule has 5 heteroatoms. The van der Waals surface area contributed by atoms with Crippen molar-refractivity contribution < 1.29 is 19.4 Å². The lowest BCUT2D eigenvalue weighted by molar-refractivity contribution is -0.166. The second kappa shape index (κ2) is 3.95. The summed E-state index contributed by atoms with van der Waals surface area (Å²) in [4.78, 5) is 25.4. The smallest absolute Gasteiger partial charge is 0.331 e. The van der Waals surface area contributed by atoms with E-state index in [0.717, 1.165) is 19.3 Å². The number of ether oxygens (including phenoxy) is 1. The second-order valence-electron chi connectivity index (χ2n) is 5.57. The third-order valence-electron chi connectivity index (χ3n) is 4.74. The van der Waals surface area contributed by atoms with Gasteiger partial charge in [-0.25, -0.2) is 4.79 Å². The van der Waals surface area contributed by atoms with Crippen molar-refractivity contribution >= 4 is 11.9 Å². The minimum Gasteiger partial charge on any atom is -0.464 e. The van der Waals surface area contributed by atoms with Gasteiger partial charge in [-0.1, -0.05) is 12.8 Å². The molecule has 100 valence electrons. The number of rotatable bonds is 2. The number of aliphatic hydroxyl groups is 1. The van der Waals surface area contributed by atoms with Gasteiger partial charge in [0, 0.05) is 18.4 Å². The van der Waals surface area contributed by atoms with Gasteiger partial charge in [0.15, 0.2) is 6.04 Å². The van der Waals surface area contributed by atoms with Crippen molar-refractivity contribution in [3.05, 3.63) is 0 Å². The number of esters is 1. The Kier molecular flexibility index (Phi) is 2.62. The average molecular weight is 253 g/mol. The summed E-state index contributed by atoms with van der Waals surface area (Å²) in [6.07, 6.45) is 3.96. The predicted molar refractivity (Wildman–Crippen MR) is 62.6 cm³/mol. The Hall–Kier alpha value is -1.10. The number of hydrogen-bond donors (Lipinski definition) is 1. The van der Waals surface area contributed by atoms with Crippen LogP contribution >= 0.6 is 0 Å². The van der Waals surface area contributed by atoms with Crippen molar-refractivity contribution in [3.8, 4) is 0 Å². The molecule has 1 N–H and O–H groups in total. The molecule has 0 bridgehead atoms. The summed E-state index contributed by atoms with van der Waals surface area (Å²) in [5.74, 6) is -0.415. The number of carbonyl (C=O) groups is 2. The fourth-order valence-electron chi connectivity index (χ4n) is 3.98. The Bertz CT molecular complexity index is 396. The molecule has 1 amide bonds.